The van der Waals surface area contributed by atoms with Crippen molar-refractivity contribution in [3.05, 3.63) is 53.7 Å². The molecule has 1 aromatic carbocycles. The monoisotopic (exact) mass is 270 g/mol. The summed E-state index contributed by atoms with van der Waals surface area (Å²) in [5.41, 5.74) is 8.20. The lowest BCUT2D eigenvalue weighted by molar-refractivity contribution is 0.303. The summed E-state index contributed by atoms with van der Waals surface area (Å²) in [6, 6.07) is 11.4. The lowest BCUT2D eigenvalue weighted by atomic mass is 10.0. The van der Waals surface area contributed by atoms with Gasteiger partial charge in [-0.25, -0.2) is 4.98 Å². The molecule has 2 aromatic rings. The fourth-order valence-electron chi connectivity index (χ4n) is 2.15. The Hall–Kier alpha value is -2.07. The topological polar surface area (TPSA) is 57.4 Å². The molecular formula is C16H18N2O2. The Morgan fingerprint density at radius 1 is 1.25 bits per heavy atom. The SMILES string of the molecule is COc1ncccc1C(N)c1cccc(OC2CC2)c1. The highest BCUT2D eigenvalue weighted by atomic mass is 16.5. The third-order valence-corrected chi connectivity index (χ3v) is 3.37. The van der Waals surface area contributed by atoms with Gasteiger partial charge in [-0.2, -0.15) is 0 Å². The van der Waals surface area contributed by atoms with E-state index in [-0.39, 0.29) is 6.04 Å². The van der Waals surface area contributed by atoms with Gasteiger partial charge in [-0.1, -0.05) is 18.2 Å². The van der Waals surface area contributed by atoms with E-state index in [1.54, 1.807) is 13.3 Å². The van der Waals surface area contributed by atoms with Crippen LogP contribution in [0.2, 0.25) is 0 Å². The molecule has 4 nitrogen and oxygen atoms in total. The molecular weight excluding hydrogens is 252 g/mol. The number of nitrogens with two attached hydrogens (primary N) is 1. The first kappa shape index (κ1) is 12.9. The van der Waals surface area contributed by atoms with Crippen molar-refractivity contribution >= 4 is 0 Å². The average Bonchev–Trinajstić information content (AvgIpc) is 3.30. The lowest BCUT2D eigenvalue weighted by Crippen LogP contribution is -2.13. The van der Waals surface area contributed by atoms with Gasteiger partial charge in [0.25, 0.3) is 0 Å². The number of aromatic nitrogens is 1. The van der Waals surface area contributed by atoms with Crippen molar-refractivity contribution in [2.24, 2.45) is 5.73 Å². The number of hydrogen-bond acceptors (Lipinski definition) is 4. The van der Waals surface area contributed by atoms with E-state index < -0.39 is 0 Å². The molecule has 1 aliphatic carbocycles. The Morgan fingerprint density at radius 3 is 2.85 bits per heavy atom. The molecule has 3 rings (SSSR count). The van der Waals surface area contributed by atoms with Gasteiger partial charge in [0.1, 0.15) is 5.75 Å². The highest BCUT2D eigenvalue weighted by Crippen LogP contribution is 2.31. The molecule has 0 aliphatic heterocycles. The number of hydrogen-bond donors (Lipinski definition) is 1. The zero-order valence-corrected chi connectivity index (χ0v) is 11.5. The maximum Gasteiger partial charge on any atom is 0.218 e. The van der Waals surface area contributed by atoms with Crippen LogP contribution in [0.1, 0.15) is 30.0 Å². The van der Waals surface area contributed by atoms with Crippen LogP contribution in [0.4, 0.5) is 0 Å². The van der Waals surface area contributed by atoms with E-state index in [1.807, 2.05) is 36.4 Å². The summed E-state index contributed by atoms with van der Waals surface area (Å²) in [6.45, 7) is 0. The minimum Gasteiger partial charge on any atom is -0.490 e. The number of pyridine rings is 1. The molecule has 1 unspecified atom stereocenters. The summed E-state index contributed by atoms with van der Waals surface area (Å²) in [4.78, 5) is 4.19. The summed E-state index contributed by atoms with van der Waals surface area (Å²) in [6.07, 6.45) is 4.37. The van der Waals surface area contributed by atoms with E-state index in [4.69, 9.17) is 15.2 Å². The number of benzene rings is 1. The van der Waals surface area contributed by atoms with Crippen LogP contribution in [-0.2, 0) is 0 Å². The third-order valence-electron chi connectivity index (χ3n) is 3.37. The third kappa shape index (κ3) is 2.75. The van der Waals surface area contributed by atoms with Gasteiger partial charge in [0.2, 0.25) is 5.88 Å². The molecule has 1 aromatic heterocycles. The molecule has 0 amide bonds. The van der Waals surface area contributed by atoms with Gasteiger partial charge < -0.3 is 15.2 Å². The van der Waals surface area contributed by atoms with Gasteiger partial charge in [-0.05, 0) is 36.6 Å². The van der Waals surface area contributed by atoms with Crippen molar-refractivity contribution in [1.29, 1.82) is 0 Å². The maximum atomic E-state index is 6.33. The van der Waals surface area contributed by atoms with Gasteiger partial charge in [0.05, 0.1) is 19.3 Å². The number of rotatable bonds is 5. The van der Waals surface area contributed by atoms with Gasteiger partial charge in [0.15, 0.2) is 0 Å². The van der Waals surface area contributed by atoms with Gasteiger partial charge in [-0.3, -0.25) is 0 Å². The molecule has 0 saturated heterocycles. The normalized spacial score (nSPS) is 15.7. The highest BCUT2D eigenvalue weighted by molar-refractivity contribution is 5.40. The number of methoxy groups -OCH3 is 1. The van der Waals surface area contributed by atoms with Crippen molar-refractivity contribution in [3.63, 3.8) is 0 Å². The highest BCUT2D eigenvalue weighted by Gasteiger charge is 2.24. The summed E-state index contributed by atoms with van der Waals surface area (Å²) >= 11 is 0. The first-order valence-electron chi connectivity index (χ1n) is 6.79. The minimum atomic E-state index is -0.276. The Morgan fingerprint density at radius 2 is 2.10 bits per heavy atom. The van der Waals surface area contributed by atoms with Crippen LogP contribution in [0.25, 0.3) is 0 Å². The standard InChI is InChI=1S/C16H18N2O2/c1-19-16-14(6-3-9-18-16)15(17)11-4-2-5-13(10-11)20-12-7-8-12/h2-6,9-10,12,15H,7-8,17H2,1H3. The van der Waals surface area contributed by atoms with Crippen molar-refractivity contribution in [2.45, 2.75) is 25.0 Å². The molecule has 1 saturated carbocycles. The Balaban J connectivity index is 1.87. The van der Waals surface area contributed by atoms with Crippen molar-refractivity contribution in [3.8, 4) is 11.6 Å². The van der Waals surface area contributed by atoms with E-state index in [2.05, 4.69) is 4.98 Å². The first-order valence-corrected chi connectivity index (χ1v) is 6.79. The largest absolute Gasteiger partial charge is 0.490 e. The Labute approximate surface area is 118 Å². The minimum absolute atomic E-state index is 0.276. The fraction of sp³-hybridized carbons (Fsp3) is 0.312. The average molecular weight is 270 g/mol. The predicted molar refractivity (Wildman–Crippen MR) is 76.9 cm³/mol. The van der Waals surface area contributed by atoms with Crippen molar-refractivity contribution in [2.75, 3.05) is 7.11 Å². The van der Waals surface area contributed by atoms with E-state index >= 15 is 0 Å². The van der Waals surface area contributed by atoms with E-state index in [9.17, 15) is 0 Å². The molecule has 0 radical (unpaired) electrons. The molecule has 1 atom stereocenters. The summed E-state index contributed by atoms with van der Waals surface area (Å²) in [7, 11) is 1.60. The van der Waals surface area contributed by atoms with Crippen LogP contribution in [0.5, 0.6) is 11.6 Å². The number of nitrogens with zero attached hydrogens (tertiary/aromatic N) is 1. The zero-order valence-electron chi connectivity index (χ0n) is 11.5. The van der Waals surface area contributed by atoms with E-state index in [0.29, 0.717) is 12.0 Å². The molecule has 1 aliphatic rings. The Bertz CT molecular complexity index is 597. The fourth-order valence-corrected chi connectivity index (χ4v) is 2.15. The molecule has 4 heteroatoms. The quantitative estimate of drug-likeness (QED) is 0.907. The van der Waals surface area contributed by atoms with Crippen LogP contribution < -0.4 is 15.2 Å². The summed E-state index contributed by atoms with van der Waals surface area (Å²) in [5.74, 6) is 1.44. The van der Waals surface area contributed by atoms with Gasteiger partial charge in [-0.15, -0.1) is 0 Å². The van der Waals surface area contributed by atoms with Crippen LogP contribution in [0, 0.1) is 0 Å². The molecule has 1 fully saturated rings. The van der Waals surface area contributed by atoms with E-state index in [0.717, 1.165) is 29.7 Å². The Kier molecular flexibility index (Phi) is 3.56. The van der Waals surface area contributed by atoms with Crippen LogP contribution in [0.15, 0.2) is 42.6 Å². The van der Waals surface area contributed by atoms with Crippen molar-refractivity contribution in [1.82, 2.24) is 4.98 Å². The maximum absolute atomic E-state index is 6.33. The second-order valence-electron chi connectivity index (χ2n) is 4.97. The van der Waals surface area contributed by atoms with Crippen LogP contribution in [-0.4, -0.2) is 18.2 Å². The second-order valence-corrected chi connectivity index (χ2v) is 4.97. The first-order chi connectivity index (χ1) is 9.78. The molecule has 2 N–H and O–H groups in total. The number of ether oxygens (including phenoxy) is 2. The van der Waals surface area contributed by atoms with Gasteiger partial charge >= 0.3 is 0 Å². The predicted octanol–water partition coefficient (Wildman–Crippen LogP) is 2.68. The van der Waals surface area contributed by atoms with E-state index in [1.165, 1.54) is 0 Å². The lowest BCUT2D eigenvalue weighted by Gasteiger charge is -2.16. The molecule has 20 heavy (non-hydrogen) atoms. The summed E-state index contributed by atoms with van der Waals surface area (Å²) in [5, 5.41) is 0. The van der Waals surface area contributed by atoms with Gasteiger partial charge in [0, 0.05) is 11.8 Å². The molecule has 0 bridgehead atoms. The molecule has 1 heterocycles. The second kappa shape index (κ2) is 5.51. The zero-order chi connectivity index (χ0) is 13.9. The molecule has 104 valence electrons. The van der Waals surface area contributed by atoms with Crippen LogP contribution in [0.3, 0.4) is 0 Å². The summed E-state index contributed by atoms with van der Waals surface area (Å²) < 4.78 is 11.1. The molecule has 0 spiro atoms. The smallest absolute Gasteiger partial charge is 0.218 e. The van der Waals surface area contributed by atoms with Crippen molar-refractivity contribution < 1.29 is 9.47 Å². The van der Waals surface area contributed by atoms with Crippen LogP contribution >= 0.6 is 0 Å².